The Balaban J connectivity index is 2.67. The lowest BCUT2D eigenvalue weighted by molar-refractivity contribution is -0.144. The van der Waals surface area contributed by atoms with Crippen LogP contribution in [0.4, 0.5) is 13.2 Å². The number of carbonyl (C=O) groups is 1. The fourth-order valence-electron chi connectivity index (χ4n) is 2.10. The molecule has 10 heteroatoms. The first-order valence-corrected chi connectivity index (χ1v) is 7.01. The standard InChI is InChI=1S/C15H10ClF3N2O4/c1-20-11(15(17,18)19)7-12(22)21(14(20)25)9-4-2-3-8(5-9)6-10(16)13(23)24/h2-7H,1H3,(H,23,24)/b10-6-. The zero-order valence-electron chi connectivity index (χ0n) is 12.5. The summed E-state index contributed by atoms with van der Waals surface area (Å²) in [5.41, 5.74) is -3.50. The van der Waals surface area contributed by atoms with Gasteiger partial charge in [-0.1, -0.05) is 23.7 Å². The highest BCUT2D eigenvalue weighted by molar-refractivity contribution is 6.42. The minimum absolute atomic E-state index is 0.0251. The average molecular weight is 375 g/mol. The van der Waals surface area contributed by atoms with Crippen LogP contribution >= 0.6 is 11.6 Å². The molecule has 0 atom stereocenters. The molecule has 0 bridgehead atoms. The second-order valence-electron chi connectivity index (χ2n) is 4.93. The van der Waals surface area contributed by atoms with Crippen molar-refractivity contribution in [3.8, 4) is 5.69 Å². The van der Waals surface area contributed by atoms with Gasteiger partial charge in [-0.15, -0.1) is 0 Å². The average Bonchev–Trinajstić information content (AvgIpc) is 2.50. The van der Waals surface area contributed by atoms with Crippen molar-refractivity contribution in [1.29, 1.82) is 0 Å². The maximum Gasteiger partial charge on any atom is 0.431 e. The number of alkyl halides is 3. The van der Waals surface area contributed by atoms with E-state index in [1.165, 1.54) is 24.3 Å². The van der Waals surface area contributed by atoms with Gasteiger partial charge >= 0.3 is 17.8 Å². The van der Waals surface area contributed by atoms with E-state index in [1.807, 2.05) is 0 Å². The quantitative estimate of drug-likeness (QED) is 0.835. The Labute approximate surface area is 143 Å². The molecule has 0 aliphatic heterocycles. The third kappa shape index (κ3) is 3.82. The topological polar surface area (TPSA) is 81.3 Å². The molecule has 0 amide bonds. The van der Waals surface area contributed by atoms with Gasteiger partial charge in [-0.05, 0) is 23.8 Å². The molecule has 2 aromatic rings. The molecule has 0 spiro atoms. The summed E-state index contributed by atoms with van der Waals surface area (Å²) < 4.78 is 39.4. The number of hydrogen-bond acceptors (Lipinski definition) is 3. The third-order valence-corrected chi connectivity index (χ3v) is 3.51. The van der Waals surface area contributed by atoms with Crippen molar-refractivity contribution in [2.45, 2.75) is 6.18 Å². The van der Waals surface area contributed by atoms with Gasteiger partial charge in [0.25, 0.3) is 5.56 Å². The number of benzene rings is 1. The number of halogens is 4. The smallest absolute Gasteiger partial charge is 0.431 e. The number of nitrogens with zero attached hydrogens (tertiary/aromatic N) is 2. The van der Waals surface area contributed by atoms with Crippen molar-refractivity contribution >= 4 is 23.6 Å². The molecule has 1 heterocycles. The lowest BCUT2D eigenvalue weighted by atomic mass is 10.2. The number of aromatic nitrogens is 2. The summed E-state index contributed by atoms with van der Waals surface area (Å²) in [6.45, 7) is 0. The molecular weight excluding hydrogens is 365 g/mol. The van der Waals surface area contributed by atoms with E-state index in [2.05, 4.69) is 0 Å². The first-order chi connectivity index (χ1) is 11.5. The molecule has 0 aliphatic carbocycles. The van der Waals surface area contributed by atoms with Crippen molar-refractivity contribution < 1.29 is 23.1 Å². The summed E-state index contributed by atoms with van der Waals surface area (Å²) in [7, 11) is 0.895. The maximum absolute atomic E-state index is 12.8. The van der Waals surface area contributed by atoms with Gasteiger partial charge < -0.3 is 5.11 Å². The number of aliphatic carboxylic acids is 1. The molecular formula is C15H10ClF3N2O4. The van der Waals surface area contributed by atoms with Crippen molar-refractivity contribution in [2.75, 3.05) is 0 Å². The first kappa shape index (κ1) is 18.5. The fraction of sp³-hybridized carbons (Fsp3) is 0.133. The number of carboxylic acids is 1. The van der Waals surface area contributed by atoms with Crippen LogP contribution in [0.3, 0.4) is 0 Å². The first-order valence-electron chi connectivity index (χ1n) is 6.63. The number of hydrogen-bond donors (Lipinski definition) is 1. The summed E-state index contributed by atoms with van der Waals surface area (Å²) in [4.78, 5) is 34.9. The number of carboxylic acid groups (broad SMARTS) is 1. The van der Waals surface area contributed by atoms with Crippen LogP contribution in [-0.2, 0) is 18.0 Å². The summed E-state index contributed by atoms with van der Waals surface area (Å²) >= 11 is 5.51. The molecule has 0 unspecified atom stereocenters. The van der Waals surface area contributed by atoms with Gasteiger partial charge in [-0.2, -0.15) is 13.2 Å². The van der Waals surface area contributed by atoms with Gasteiger partial charge in [0.05, 0.1) is 5.69 Å². The van der Waals surface area contributed by atoms with Crippen LogP contribution in [0.2, 0.25) is 0 Å². The van der Waals surface area contributed by atoms with E-state index in [0.717, 1.165) is 13.1 Å². The molecule has 132 valence electrons. The largest absolute Gasteiger partial charge is 0.477 e. The van der Waals surface area contributed by atoms with Crippen LogP contribution in [0.25, 0.3) is 11.8 Å². The van der Waals surface area contributed by atoms with E-state index in [4.69, 9.17) is 16.7 Å². The second-order valence-corrected chi connectivity index (χ2v) is 5.34. The predicted molar refractivity (Wildman–Crippen MR) is 83.7 cm³/mol. The van der Waals surface area contributed by atoms with Crippen LogP contribution in [0.5, 0.6) is 0 Å². The van der Waals surface area contributed by atoms with Crippen LogP contribution in [0.15, 0.2) is 45.0 Å². The highest BCUT2D eigenvalue weighted by Gasteiger charge is 2.35. The molecule has 2 rings (SSSR count). The van der Waals surface area contributed by atoms with E-state index < -0.39 is 34.1 Å². The molecule has 1 N–H and O–H groups in total. The molecule has 0 aliphatic rings. The normalized spacial score (nSPS) is 12.3. The van der Waals surface area contributed by atoms with Gasteiger partial charge in [0.15, 0.2) is 0 Å². The SMILES string of the molecule is Cn1c(C(F)(F)F)cc(=O)n(-c2cccc(/C=C(\Cl)C(=O)O)c2)c1=O. The minimum atomic E-state index is -4.86. The van der Waals surface area contributed by atoms with Crippen LogP contribution < -0.4 is 11.2 Å². The summed E-state index contributed by atoms with van der Waals surface area (Å²) in [5, 5.41) is 8.24. The molecule has 0 fully saturated rings. The Morgan fingerprint density at radius 1 is 1.24 bits per heavy atom. The molecule has 1 aromatic carbocycles. The van der Waals surface area contributed by atoms with E-state index in [0.29, 0.717) is 15.2 Å². The zero-order valence-corrected chi connectivity index (χ0v) is 13.3. The van der Waals surface area contributed by atoms with E-state index in [9.17, 15) is 27.6 Å². The van der Waals surface area contributed by atoms with Crippen molar-refractivity contribution in [3.63, 3.8) is 0 Å². The Bertz CT molecular complexity index is 989. The second kappa shape index (κ2) is 6.60. The van der Waals surface area contributed by atoms with Crippen molar-refractivity contribution in [3.05, 3.63) is 67.5 Å². The lowest BCUT2D eigenvalue weighted by Crippen LogP contribution is -2.40. The van der Waals surface area contributed by atoms with Gasteiger partial charge in [0.2, 0.25) is 0 Å². The maximum atomic E-state index is 12.8. The zero-order chi connectivity index (χ0) is 18.9. The lowest BCUT2D eigenvalue weighted by Gasteiger charge is -2.14. The van der Waals surface area contributed by atoms with Crippen molar-refractivity contribution in [1.82, 2.24) is 9.13 Å². The predicted octanol–water partition coefficient (Wildman–Crippen LogP) is 2.22. The summed E-state index contributed by atoms with van der Waals surface area (Å²) in [6.07, 6.45) is -3.78. The Kier molecular flexibility index (Phi) is 4.89. The van der Waals surface area contributed by atoms with Gasteiger partial charge in [0.1, 0.15) is 10.7 Å². The van der Waals surface area contributed by atoms with E-state index in [1.54, 1.807) is 0 Å². The van der Waals surface area contributed by atoms with Gasteiger partial charge in [-0.25, -0.2) is 14.2 Å². The molecule has 0 saturated carbocycles. The monoisotopic (exact) mass is 374 g/mol. The summed E-state index contributed by atoms with van der Waals surface area (Å²) in [6, 6.07) is 5.74. The summed E-state index contributed by atoms with van der Waals surface area (Å²) in [5.74, 6) is -1.38. The molecule has 6 nitrogen and oxygen atoms in total. The van der Waals surface area contributed by atoms with Crippen LogP contribution in [-0.4, -0.2) is 20.2 Å². The highest BCUT2D eigenvalue weighted by Crippen LogP contribution is 2.27. The van der Waals surface area contributed by atoms with Crippen molar-refractivity contribution in [2.24, 2.45) is 7.05 Å². The molecule has 1 aromatic heterocycles. The Hall–Kier alpha value is -2.81. The van der Waals surface area contributed by atoms with Crippen LogP contribution in [0, 0.1) is 0 Å². The third-order valence-electron chi connectivity index (χ3n) is 3.24. The Morgan fingerprint density at radius 3 is 2.44 bits per heavy atom. The van der Waals surface area contributed by atoms with Gasteiger partial charge in [0, 0.05) is 13.1 Å². The number of rotatable bonds is 3. The van der Waals surface area contributed by atoms with E-state index in [-0.39, 0.29) is 11.3 Å². The van der Waals surface area contributed by atoms with Crippen LogP contribution in [0.1, 0.15) is 11.3 Å². The minimum Gasteiger partial charge on any atom is -0.477 e. The molecule has 25 heavy (non-hydrogen) atoms. The molecule has 0 radical (unpaired) electrons. The van der Waals surface area contributed by atoms with Gasteiger partial charge in [-0.3, -0.25) is 9.36 Å². The molecule has 0 saturated heterocycles. The fourth-order valence-corrected chi connectivity index (χ4v) is 2.22. The Morgan fingerprint density at radius 2 is 1.88 bits per heavy atom. The highest BCUT2D eigenvalue weighted by atomic mass is 35.5. The van der Waals surface area contributed by atoms with E-state index >= 15 is 0 Å².